The van der Waals surface area contributed by atoms with Gasteiger partial charge in [-0.1, -0.05) is 30.7 Å². The minimum atomic E-state index is 0.403. The molecule has 0 aliphatic heterocycles. The summed E-state index contributed by atoms with van der Waals surface area (Å²) in [6, 6.07) is 8.52. The van der Waals surface area contributed by atoms with E-state index in [9.17, 15) is 0 Å². The summed E-state index contributed by atoms with van der Waals surface area (Å²) in [6.45, 7) is 4.26. The molecule has 1 aromatic carbocycles. The van der Waals surface area contributed by atoms with E-state index in [0.29, 0.717) is 12.0 Å². The highest BCUT2D eigenvalue weighted by Gasteiger charge is 2.15. The van der Waals surface area contributed by atoms with Crippen molar-refractivity contribution in [1.82, 2.24) is 5.32 Å². The van der Waals surface area contributed by atoms with Crippen LogP contribution in [0.25, 0.3) is 0 Å². The predicted octanol–water partition coefficient (Wildman–Crippen LogP) is 3.05. The molecule has 0 spiro atoms. The van der Waals surface area contributed by atoms with Crippen LogP contribution >= 0.6 is 0 Å². The molecule has 2 rings (SSSR count). The number of aryl methyl sites for hydroxylation is 1. The smallest absolute Gasteiger partial charge is 0.127 e. The maximum Gasteiger partial charge on any atom is 0.127 e. The standard InChI is InChI=1S/C15H19NO/c1-11-4-6-13(7-5-11)17-14-8-9-15(16-3)12(2)10-14/h4-10,12,15-16H,1-3H3/t12-,15?/m1/s1. The Bertz CT molecular complexity index is 431. The van der Waals surface area contributed by atoms with Crippen LogP contribution in [0.2, 0.25) is 0 Å². The van der Waals surface area contributed by atoms with Gasteiger partial charge in [0.25, 0.3) is 0 Å². The molecule has 17 heavy (non-hydrogen) atoms. The molecule has 0 fully saturated rings. The van der Waals surface area contributed by atoms with Crippen molar-refractivity contribution in [2.75, 3.05) is 7.05 Å². The number of likely N-dealkylation sites (N-methyl/N-ethyl adjacent to an activating group) is 1. The third-order valence-electron chi connectivity index (χ3n) is 3.05. The maximum absolute atomic E-state index is 5.82. The molecule has 2 nitrogen and oxygen atoms in total. The molecule has 90 valence electrons. The molecule has 1 unspecified atom stereocenters. The van der Waals surface area contributed by atoms with Crippen LogP contribution < -0.4 is 10.1 Å². The summed E-state index contributed by atoms with van der Waals surface area (Å²) >= 11 is 0. The van der Waals surface area contributed by atoms with Crippen molar-refractivity contribution in [2.45, 2.75) is 19.9 Å². The highest BCUT2D eigenvalue weighted by molar-refractivity contribution is 5.31. The Kier molecular flexibility index (Phi) is 3.64. The van der Waals surface area contributed by atoms with Crippen LogP contribution in [-0.4, -0.2) is 13.1 Å². The van der Waals surface area contributed by atoms with Crippen molar-refractivity contribution in [3.8, 4) is 5.75 Å². The normalized spacial score (nSPS) is 23.4. The molecular formula is C15H19NO. The van der Waals surface area contributed by atoms with E-state index in [1.165, 1.54) is 5.56 Å². The van der Waals surface area contributed by atoms with Gasteiger partial charge in [0, 0.05) is 6.04 Å². The third-order valence-corrected chi connectivity index (χ3v) is 3.05. The molecule has 0 amide bonds. The zero-order valence-electron chi connectivity index (χ0n) is 10.6. The molecule has 1 aromatic rings. The van der Waals surface area contributed by atoms with Gasteiger partial charge >= 0.3 is 0 Å². The molecule has 0 radical (unpaired) electrons. The van der Waals surface area contributed by atoms with Gasteiger partial charge in [0.05, 0.1) is 0 Å². The zero-order chi connectivity index (χ0) is 12.3. The first-order valence-electron chi connectivity index (χ1n) is 6.01. The number of rotatable bonds is 3. The van der Waals surface area contributed by atoms with Gasteiger partial charge in [0.2, 0.25) is 0 Å². The lowest BCUT2D eigenvalue weighted by atomic mass is 9.96. The molecule has 1 aliphatic carbocycles. The third kappa shape index (κ3) is 2.98. The van der Waals surface area contributed by atoms with E-state index in [0.717, 1.165) is 11.5 Å². The Morgan fingerprint density at radius 1 is 1.18 bits per heavy atom. The summed E-state index contributed by atoms with van der Waals surface area (Å²) in [4.78, 5) is 0. The van der Waals surface area contributed by atoms with Crippen molar-refractivity contribution in [3.63, 3.8) is 0 Å². The lowest BCUT2D eigenvalue weighted by Gasteiger charge is -2.22. The van der Waals surface area contributed by atoms with Crippen LogP contribution in [0, 0.1) is 12.8 Å². The summed E-state index contributed by atoms with van der Waals surface area (Å²) in [6.07, 6.45) is 6.33. The number of benzene rings is 1. The van der Waals surface area contributed by atoms with Gasteiger partial charge in [0.15, 0.2) is 0 Å². The van der Waals surface area contributed by atoms with Crippen LogP contribution in [-0.2, 0) is 0 Å². The quantitative estimate of drug-likeness (QED) is 0.860. The van der Waals surface area contributed by atoms with Gasteiger partial charge < -0.3 is 10.1 Å². The minimum absolute atomic E-state index is 0.403. The van der Waals surface area contributed by atoms with E-state index in [1.54, 1.807) is 0 Å². The Balaban J connectivity index is 2.06. The number of allylic oxidation sites excluding steroid dienone is 1. The highest BCUT2D eigenvalue weighted by Crippen LogP contribution is 2.21. The minimum Gasteiger partial charge on any atom is -0.458 e. The van der Waals surface area contributed by atoms with E-state index in [-0.39, 0.29) is 0 Å². The molecule has 0 bridgehead atoms. The van der Waals surface area contributed by atoms with Gasteiger partial charge in [-0.2, -0.15) is 0 Å². The molecule has 2 heteroatoms. The first-order valence-corrected chi connectivity index (χ1v) is 6.01. The average Bonchev–Trinajstić information content (AvgIpc) is 2.32. The molecule has 2 atom stereocenters. The zero-order valence-corrected chi connectivity index (χ0v) is 10.6. The fourth-order valence-corrected chi connectivity index (χ4v) is 1.96. The molecule has 1 N–H and O–H groups in total. The fraction of sp³-hybridized carbons (Fsp3) is 0.333. The Hall–Kier alpha value is -1.54. The first-order chi connectivity index (χ1) is 8.19. The first kappa shape index (κ1) is 11.9. The lowest BCUT2D eigenvalue weighted by Crippen LogP contribution is -2.31. The van der Waals surface area contributed by atoms with Crippen molar-refractivity contribution in [1.29, 1.82) is 0 Å². The Morgan fingerprint density at radius 3 is 2.47 bits per heavy atom. The summed E-state index contributed by atoms with van der Waals surface area (Å²) in [7, 11) is 1.98. The van der Waals surface area contributed by atoms with Gasteiger partial charge in [-0.15, -0.1) is 0 Å². The van der Waals surface area contributed by atoms with Crippen LogP contribution in [0.15, 0.2) is 48.3 Å². The Labute approximate surface area is 103 Å². The molecule has 1 aliphatic rings. The summed E-state index contributed by atoms with van der Waals surface area (Å²) in [5.74, 6) is 2.26. The van der Waals surface area contributed by atoms with Crippen molar-refractivity contribution >= 4 is 0 Å². The topological polar surface area (TPSA) is 21.3 Å². The number of hydrogen-bond acceptors (Lipinski definition) is 2. The monoisotopic (exact) mass is 229 g/mol. The van der Waals surface area contributed by atoms with Crippen molar-refractivity contribution in [3.05, 3.63) is 53.8 Å². The molecular weight excluding hydrogens is 210 g/mol. The van der Waals surface area contributed by atoms with E-state index < -0.39 is 0 Å². The summed E-state index contributed by atoms with van der Waals surface area (Å²) in [5, 5.41) is 3.26. The second-order valence-electron chi connectivity index (χ2n) is 4.52. The SMILES string of the molecule is CNC1C=CC(Oc2ccc(C)cc2)=C[C@H]1C. The average molecular weight is 229 g/mol. The summed E-state index contributed by atoms with van der Waals surface area (Å²) < 4.78 is 5.82. The van der Waals surface area contributed by atoms with E-state index in [1.807, 2.05) is 25.3 Å². The second kappa shape index (κ2) is 5.19. The number of ether oxygens (including phenoxy) is 1. The van der Waals surface area contributed by atoms with Crippen molar-refractivity contribution in [2.24, 2.45) is 5.92 Å². The molecule has 0 saturated heterocycles. The maximum atomic E-state index is 5.82. The largest absolute Gasteiger partial charge is 0.458 e. The van der Waals surface area contributed by atoms with E-state index >= 15 is 0 Å². The Morgan fingerprint density at radius 2 is 1.88 bits per heavy atom. The second-order valence-corrected chi connectivity index (χ2v) is 4.52. The molecule has 0 aromatic heterocycles. The van der Waals surface area contributed by atoms with E-state index in [2.05, 4.69) is 43.4 Å². The van der Waals surface area contributed by atoms with Gasteiger partial charge in [-0.25, -0.2) is 0 Å². The highest BCUT2D eigenvalue weighted by atomic mass is 16.5. The van der Waals surface area contributed by atoms with Crippen LogP contribution in [0.5, 0.6) is 5.75 Å². The number of hydrogen-bond donors (Lipinski definition) is 1. The number of nitrogens with one attached hydrogen (secondary N) is 1. The van der Waals surface area contributed by atoms with Crippen LogP contribution in [0.1, 0.15) is 12.5 Å². The van der Waals surface area contributed by atoms with Gasteiger partial charge in [0.1, 0.15) is 11.5 Å². The van der Waals surface area contributed by atoms with E-state index in [4.69, 9.17) is 4.74 Å². The predicted molar refractivity (Wildman–Crippen MR) is 71.0 cm³/mol. The van der Waals surface area contributed by atoms with Crippen LogP contribution in [0.4, 0.5) is 0 Å². The lowest BCUT2D eigenvalue weighted by molar-refractivity contribution is 0.419. The summed E-state index contributed by atoms with van der Waals surface area (Å²) in [5.41, 5.74) is 1.24. The van der Waals surface area contributed by atoms with Crippen molar-refractivity contribution < 1.29 is 4.74 Å². The van der Waals surface area contributed by atoms with Gasteiger partial charge in [-0.05, 0) is 44.2 Å². The van der Waals surface area contributed by atoms with Crippen LogP contribution in [0.3, 0.4) is 0 Å². The molecule has 0 saturated carbocycles. The molecule has 0 heterocycles. The fourth-order valence-electron chi connectivity index (χ4n) is 1.96. The van der Waals surface area contributed by atoms with Gasteiger partial charge in [-0.3, -0.25) is 0 Å².